The van der Waals surface area contributed by atoms with Gasteiger partial charge in [0, 0.05) is 13.1 Å². The van der Waals surface area contributed by atoms with E-state index in [2.05, 4.69) is 6.92 Å². The smallest absolute Gasteiger partial charge is 0.239 e. The molecule has 0 saturated heterocycles. The summed E-state index contributed by atoms with van der Waals surface area (Å²) in [5, 5.41) is 0. The fourth-order valence-electron chi connectivity index (χ4n) is 2.44. The van der Waals surface area contributed by atoms with Crippen molar-refractivity contribution >= 4 is 18.3 Å². The SMILES string of the molecule is CCC1CCC(N(C)C(=O)C(C)N)CC1.Cl. The maximum absolute atomic E-state index is 11.7. The van der Waals surface area contributed by atoms with Gasteiger partial charge >= 0.3 is 0 Å². The lowest BCUT2D eigenvalue weighted by Gasteiger charge is -2.35. The molecule has 1 aliphatic rings. The lowest BCUT2D eigenvalue weighted by Crippen LogP contribution is -2.46. The van der Waals surface area contributed by atoms with E-state index in [9.17, 15) is 4.79 Å². The number of hydrogen-bond donors (Lipinski definition) is 1. The maximum atomic E-state index is 11.7. The average molecular weight is 249 g/mol. The molecule has 0 bridgehead atoms. The second-order valence-corrected chi connectivity index (χ2v) is 4.82. The minimum atomic E-state index is -0.362. The van der Waals surface area contributed by atoms with Crippen LogP contribution in [0.4, 0.5) is 0 Å². The van der Waals surface area contributed by atoms with Crippen LogP contribution in [-0.4, -0.2) is 29.9 Å². The van der Waals surface area contributed by atoms with Crippen LogP contribution in [0.25, 0.3) is 0 Å². The number of carbonyl (C=O) groups excluding carboxylic acids is 1. The predicted molar refractivity (Wildman–Crippen MR) is 69.7 cm³/mol. The van der Waals surface area contributed by atoms with Crippen molar-refractivity contribution in [3.05, 3.63) is 0 Å². The minimum Gasteiger partial charge on any atom is -0.341 e. The number of nitrogens with two attached hydrogens (primary N) is 1. The Bertz CT molecular complexity index is 213. The van der Waals surface area contributed by atoms with Crippen molar-refractivity contribution in [2.45, 2.75) is 58.0 Å². The van der Waals surface area contributed by atoms with Gasteiger partial charge in [0.25, 0.3) is 0 Å². The minimum absolute atomic E-state index is 0. The topological polar surface area (TPSA) is 46.3 Å². The third kappa shape index (κ3) is 3.95. The molecule has 0 radical (unpaired) electrons. The first-order valence-corrected chi connectivity index (χ1v) is 6.08. The molecule has 0 aliphatic heterocycles. The highest BCUT2D eigenvalue weighted by atomic mass is 35.5. The number of rotatable bonds is 3. The zero-order valence-electron chi connectivity index (χ0n) is 10.6. The number of hydrogen-bond acceptors (Lipinski definition) is 2. The first kappa shape index (κ1) is 15.7. The van der Waals surface area contributed by atoms with E-state index in [-0.39, 0.29) is 24.4 Å². The molecule has 0 spiro atoms. The van der Waals surface area contributed by atoms with Crippen molar-refractivity contribution in [1.82, 2.24) is 4.90 Å². The van der Waals surface area contributed by atoms with Gasteiger partial charge in [-0.1, -0.05) is 13.3 Å². The summed E-state index contributed by atoms with van der Waals surface area (Å²) in [6, 6.07) is 0.0604. The summed E-state index contributed by atoms with van der Waals surface area (Å²) in [5.41, 5.74) is 5.61. The van der Waals surface area contributed by atoms with E-state index >= 15 is 0 Å². The molecule has 0 aromatic heterocycles. The second kappa shape index (κ2) is 7.13. The van der Waals surface area contributed by atoms with Gasteiger partial charge in [-0.25, -0.2) is 0 Å². The summed E-state index contributed by atoms with van der Waals surface area (Å²) < 4.78 is 0. The third-order valence-corrected chi connectivity index (χ3v) is 3.68. The van der Waals surface area contributed by atoms with Gasteiger partial charge < -0.3 is 10.6 Å². The summed E-state index contributed by atoms with van der Waals surface area (Å²) in [6.07, 6.45) is 6.09. The fourth-order valence-corrected chi connectivity index (χ4v) is 2.44. The first-order chi connectivity index (χ1) is 7.06. The van der Waals surface area contributed by atoms with Gasteiger partial charge in [0.2, 0.25) is 5.91 Å². The molecule has 3 nitrogen and oxygen atoms in total. The number of likely N-dealkylation sites (N-methyl/N-ethyl adjacent to an activating group) is 1. The van der Waals surface area contributed by atoms with Gasteiger partial charge in [0.1, 0.15) is 0 Å². The van der Waals surface area contributed by atoms with Crippen LogP contribution in [0.5, 0.6) is 0 Å². The van der Waals surface area contributed by atoms with Gasteiger partial charge in [0.15, 0.2) is 0 Å². The van der Waals surface area contributed by atoms with Crippen LogP contribution in [-0.2, 0) is 4.79 Å². The molecule has 1 atom stereocenters. The maximum Gasteiger partial charge on any atom is 0.239 e. The van der Waals surface area contributed by atoms with Crippen molar-refractivity contribution in [1.29, 1.82) is 0 Å². The molecular weight excluding hydrogens is 224 g/mol. The van der Waals surface area contributed by atoms with E-state index in [0.717, 1.165) is 18.8 Å². The van der Waals surface area contributed by atoms with Gasteiger partial charge in [0.05, 0.1) is 6.04 Å². The van der Waals surface area contributed by atoms with E-state index in [1.165, 1.54) is 19.3 Å². The van der Waals surface area contributed by atoms with Gasteiger partial charge in [-0.3, -0.25) is 4.79 Å². The Morgan fingerprint density at radius 1 is 1.38 bits per heavy atom. The highest BCUT2D eigenvalue weighted by Gasteiger charge is 2.26. The van der Waals surface area contributed by atoms with Crippen molar-refractivity contribution in [2.75, 3.05) is 7.05 Å². The highest BCUT2D eigenvalue weighted by molar-refractivity contribution is 5.85. The van der Waals surface area contributed by atoms with Gasteiger partial charge in [-0.15, -0.1) is 12.4 Å². The van der Waals surface area contributed by atoms with E-state index in [1.807, 2.05) is 11.9 Å². The molecule has 1 unspecified atom stereocenters. The van der Waals surface area contributed by atoms with Crippen LogP contribution in [0.15, 0.2) is 0 Å². The van der Waals surface area contributed by atoms with Crippen molar-refractivity contribution < 1.29 is 4.79 Å². The van der Waals surface area contributed by atoms with E-state index < -0.39 is 0 Å². The molecule has 0 aromatic rings. The largest absolute Gasteiger partial charge is 0.341 e. The molecule has 96 valence electrons. The van der Waals surface area contributed by atoms with Crippen LogP contribution in [0.1, 0.15) is 46.0 Å². The Hall–Kier alpha value is -0.280. The molecule has 2 N–H and O–H groups in total. The quantitative estimate of drug-likeness (QED) is 0.832. The lowest BCUT2D eigenvalue weighted by molar-refractivity contribution is -0.133. The number of halogens is 1. The van der Waals surface area contributed by atoms with Gasteiger partial charge in [-0.05, 0) is 38.5 Å². The number of carbonyl (C=O) groups is 1. The third-order valence-electron chi connectivity index (χ3n) is 3.68. The molecule has 1 aliphatic carbocycles. The fraction of sp³-hybridized carbons (Fsp3) is 0.917. The average Bonchev–Trinajstić information content (AvgIpc) is 2.27. The molecule has 1 rings (SSSR count). The summed E-state index contributed by atoms with van der Waals surface area (Å²) in [4.78, 5) is 13.6. The standard InChI is InChI=1S/C12H24N2O.ClH/c1-4-10-5-7-11(8-6-10)14(3)12(15)9(2)13;/h9-11H,4-8,13H2,1-3H3;1H. The van der Waals surface area contributed by atoms with Crippen LogP contribution in [0.3, 0.4) is 0 Å². The molecule has 1 saturated carbocycles. The van der Waals surface area contributed by atoms with Crippen LogP contribution >= 0.6 is 12.4 Å². The van der Waals surface area contributed by atoms with Crippen LogP contribution in [0, 0.1) is 5.92 Å². The Labute approximate surface area is 105 Å². The number of amides is 1. The molecule has 1 amide bonds. The summed E-state index contributed by atoms with van der Waals surface area (Å²) >= 11 is 0. The predicted octanol–water partition coefficient (Wildman–Crippen LogP) is 2.18. The van der Waals surface area contributed by atoms with Crippen LogP contribution in [0.2, 0.25) is 0 Å². The van der Waals surface area contributed by atoms with Gasteiger partial charge in [-0.2, -0.15) is 0 Å². The monoisotopic (exact) mass is 248 g/mol. The van der Waals surface area contributed by atoms with E-state index in [0.29, 0.717) is 6.04 Å². The normalized spacial score (nSPS) is 26.8. The highest BCUT2D eigenvalue weighted by Crippen LogP contribution is 2.28. The molecule has 4 heteroatoms. The molecule has 16 heavy (non-hydrogen) atoms. The van der Waals surface area contributed by atoms with E-state index in [1.54, 1.807) is 6.92 Å². The summed E-state index contributed by atoms with van der Waals surface area (Å²) in [5.74, 6) is 0.954. The van der Waals surface area contributed by atoms with Crippen molar-refractivity contribution in [3.8, 4) is 0 Å². The summed E-state index contributed by atoms with van der Waals surface area (Å²) in [6.45, 7) is 4.01. The molecular formula is C12H25ClN2O. The Morgan fingerprint density at radius 2 is 1.88 bits per heavy atom. The first-order valence-electron chi connectivity index (χ1n) is 6.08. The Kier molecular flexibility index (Phi) is 7.00. The molecule has 1 fully saturated rings. The molecule has 0 aromatic carbocycles. The van der Waals surface area contributed by atoms with Crippen molar-refractivity contribution in [3.63, 3.8) is 0 Å². The van der Waals surface area contributed by atoms with Crippen LogP contribution < -0.4 is 5.73 Å². The summed E-state index contributed by atoms with van der Waals surface area (Å²) in [7, 11) is 1.89. The Morgan fingerprint density at radius 3 is 2.25 bits per heavy atom. The zero-order valence-corrected chi connectivity index (χ0v) is 11.4. The van der Waals surface area contributed by atoms with E-state index in [4.69, 9.17) is 5.73 Å². The lowest BCUT2D eigenvalue weighted by atomic mass is 9.84. The number of nitrogens with zero attached hydrogens (tertiary/aromatic N) is 1. The Balaban J connectivity index is 0.00000225. The van der Waals surface area contributed by atoms with Crippen molar-refractivity contribution in [2.24, 2.45) is 11.7 Å². The second-order valence-electron chi connectivity index (χ2n) is 4.82. The zero-order chi connectivity index (χ0) is 11.4. The molecule has 0 heterocycles.